The maximum Gasteiger partial charge on any atom is 0.128 e. The highest BCUT2D eigenvalue weighted by Crippen LogP contribution is 2.34. The van der Waals surface area contributed by atoms with Crippen LogP contribution in [-0.2, 0) is 0 Å². The molecule has 0 aliphatic carbocycles. The van der Waals surface area contributed by atoms with Gasteiger partial charge in [0.25, 0.3) is 0 Å². The molecular weight excluding hydrogens is 226 g/mol. The van der Waals surface area contributed by atoms with Gasteiger partial charge >= 0.3 is 0 Å². The van der Waals surface area contributed by atoms with Gasteiger partial charge in [-0.25, -0.2) is 0 Å². The summed E-state index contributed by atoms with van der Waals surface area (Å²) in [5.74, 6) is 1.19. The van der Waals surface area contributed by atoms with E-state index in [0.717, 1.165) is 22.6 Å². The highest BCUT2D eigenvalue weighted by atomic mass is 16.5. The molecule has 0 unspecified atom stereocenters. The fraction of sp³-hybridized carbons (Fsp3) is 0.214. The highest BCUT2D eigenvalue weighted by molar-refractivity contribution is 5.76. The Morgan fingerprint density at radius 3 is 2.72 bits per heavy atom. The number of anilines is 1. The molecule has 3 N–H and O–H groups in total. The number of nitrogens with two attached hydrogens (primary N) is 1. The minimum atomic E-state index is 0.399. The number of ether oxygens (including phenoxy) is 1. The fourth-order valence-corrected chi connectivity index (χ4v) is 1.99. The van der Waals surface area contributed by atoms with E-state index >= 15 is 0 Å². The predicted octanol–water partition coefficient (Wildman–Crippen LogP) is 2.84. The molecule has 0 amide bonds. The van der Waals surface area contributed by atoms with E-state index in [-0.39, 0.29) is 0 Å². The normalized spacial score (nSPS) is 10.1. The Kier molecular flexibility index (Phi) is 3.24. The molecule has 92 valence electrons. The Labute approximate surface area is 106 Å². The number of aromatic nitrogens is 1. The SMILES string of the molecule is CCOc1ccccc1-c1[nH]c(N)c(C#N)c1C. The minimum absolute atomic E-state index is 0.399. The van der Waals surface area contributed by atoms with Crippen LogP contribution in [0.5, 0.6) is 5.75 Å². The van der Waals surface area contributed by atoms with Gasteiger partial charge in [-0.05, 0) is 31.5 Å². The van der Waals surface area contributed by atoms with Crippen molar-refractivity contribution in [1.29, 1.82) is 5.26 Å². The summed E-state index contributed by atoms with van der Waals surface area (Å²) in [6, 6.07) is 9.81. The average Bonchev–Trinajstić information content (AvgIpc) is 2.65. The number of aromatic amines is 1. The first-order valence-electron chi connectivity index (χ1n) is 5.79. The van der Waals surface area contributed by atoms with Crippen molar-refractivity contribution in [3.8, 4) is 23.1 Å². The zero-order chi connectivity index (χ0) is 13.1. The molecule has 4 heteroatoms. The summed E-state index contributed by atoms with van der Waals surface area (Å²) in [5, 5.41) is 9.05. The second-order valence-electron chi connectivity index (χ2n) is 3.95. The molecule has 18 heavy (non-hydrogen) atoms. The van der Waals surface area contributed by atoms with E-state index in [0.29, 0.717) is 18.0 Å². The lowest BCUT2D eigenvalue weighted by Gasteiger charge is -2.09. The molecule has 4 nitrogen and oxygen atoms in total. The second kappa shape index (κ2) is 4.84. The number of benzene rings is 1. The van der Waals surface area contributed by atoms with Crippen LogP contribution >= 0.6 is 0 Å². The first-order chi connectivity index (χ1) is 8.69. The molecule has 1 heterocycles. The largest absolute Gasteiger partial charge is 0.493 e. The summed E-state index contributed by atoms with van der Waals surface area (Å²) in [4.78, 5) is 3.05. The van der Waals surface area contributed by atoms with Gasteiger partial charge < -0.3 is 15.5 Å². The lowest BCUT2D eigenvalue weighted by Crippen LogP contribution is -1.94. The average molecular weight is 241 g/mol. The molecule has 0 fully saturated rings. The van der Waals surface area contributed by atoms with Crippen LogP contribution in [0, 0.1) is 18.3 Å². The highest BCUT2D eigenvalue weighted by Gasteiger charge is 2.15. The van der Waals surface area contributed by atoms with Crippen molar-refractivity contribution in [1.82, 2.24) is 4.98 Å². The van der Waals surface area contributed by atoms with E-state index in [2.05, 4.69) is 11.1 Å². The third kappa shape index (κ3) is 1.91. The van der Waals surface area contributed by atoms with Crippen molar-refractivity contribution in [3.63, 3.8) is 0 Å². The van der Waals surface area contributed by atoms with Gasteiger partial charge in [0.15, 0.2) is 0 Å². The molecule has 0 saturated heterocycles. The van der Waals surface area contributed by atoms with Crippen LogP contribution in [0.1, 0.15) is 18.1 Å². The zero-order valence-corrected chi connectivity index (χ0v) is 10.4. The van der Waals surface area contributed by atoms with Crippen LogP contribution < -0.4 is 10.5 Å². The van der Waals surface area contributed by atoms with E-state index in [1.165, 1.54) is 0 Å². The first-order valence-corrected chi connectivity index (χ1v) is 5.79. The number of hydrogen-bond donors (Lipinski definition) is 2. The molecule has 0 atom stereocenters. The fourth-order valence-electron chi connectivity index (χ4n) is 1.99. The number of rotatable bonds is 3. The number of nitrogen functional groups attached to an aromatic ring is 1. The summed E-state index contributed by atoms with van der Waals surface area (Å²) in [5.41, 5.74) is 8.90. The predicted molar refractivity (Wildman–Crippen MR) is 71.3 cm³/mol. The summed E-state index contributed by atoms with van der Waals surface area (Å²) in [7, 11) is 0. The number of para-hydroxylation sites is 1. The van der Waals surface area contributed by atoms with Crippen LogP contribution in [0.25, 0.3) is 11.3 Å². The molecular formula is C14H15N3O. The molecule has 0 saturated carbocycles. The van der Waals surface area contributed by atoms with Crippen molar-refractivity contribution in [2.75, 3.05) is 12.3 Å². The Hall–Kier alpha value is -2.41. The molecule has 0 aliphatic heterocycles. The van der Waals surface area contributed by atoms with Crippen LogP contribution in [-0.4, -0.2) is 11.6 Å². The Morgan fingerprint density at radius 1 is 1.39 bits per heavy atom. The molecule has 2 rings (SSSR count). The quantitative estimate of drug-likeness (QED) is 0.867. The van der Waals surface area contributed by atoms with Crippen molar-refractivity contribution in [2.45, 2.75) is 13.8 Å². The molecule has 0 radical (unpaired) electrons. The zero-order valence-electron chi connectivity index (χ0n) is 10.4. The minimum Gasteiger partial charge on any atom is -0.493 e. The van der Waals surface area contributed by atoms with Crippen molar-refractivity contribution in [3.05, 3.63) is 35.4 Å². The number of nitriles is 1. The first kappa shape index (κ1) is 12.1. The molecule has 0 bridgehead atoms. The monoisotopic (exact) mass is 241 g/mol. The summed E-state index contributed by atoms with van der Waals surface area (Å²) < 4.78 is 5.59. The molecule has 0 spiro atoms. The van der Waals surface area contributed by atoms with E-state index in [9.17, 15) is 0 Å². The van der Waals surface area contributed by atoms with Gasteiger partial charge in [0.05, 0.1) is 17.9 Å². The number of nitrogens with one attached hydrogen (secondary N) is 1. The Morgan fingerprint density at radius 2 is 2.11 bits per heavy atom. The lowest BCUT2D eigenvalue weighted by atomic mass is 10.1. The molecule has 1 aromatic heterocycles. The maximum atomic E-state index is 9.05. The van der Waals surface area contributed by atoms with Crippen molar-refractivity contribution >= 4 is 5.82 Å². The molecule has 0 aliphatic rings. The van der Waals surface area contributed by atoms with Crippen LogP contribution in [0.15, 0.2) is 24.3 Å². The van der Waals surface area contributed by atoms with E-state index in [1.807, 2.05) is 38.1 Å². The molecule has 2 aromatic rings. The Bertz CT molecular complexity index is 608. The van der Waals surface area contributed by atoms with Crippen molar-refractivity contribution < 1.29 is 4.74 Å². The van der Waals surface area contributed by atoms with Gasteiger partial charge in [0.2, 0.25) is 0 Å². The smallest absolute Gasteiger partial charge is 0.128 e. The van der Waals surface area contributed by atoms with Gasteiger partial charge in [0, 0.05) is 5.56 Å². The number of hydrogen-bond acceptors (Lipinski definition) is 3. The van der Waals surface area contributed by atoms with E-state index in [4.69, 9.17) is 15.7 Å². The van der Waals surface area contributed by atoms with Gasteiger partial charge in [-0.3, -0.25) is 0 Å². The Balaban J connectivity index is 2.59. The van der Waals surface area contributed by atoms with Gasteiger partial charge in [-0.2, -0.15) is 5.26 Å². The third-order valence-corrected chi connectivity index (χ3v) is 2.85. The standard InChI is InChI=1S/C14H15N3O/c1-3-18-12-7-5-4-6-10(12)13-9(2)11(8-15)14(16)17-13/h4-7,17H,3,16H2,1-2H3. The topological polar surface area (TPSA) is 74.8 Å². The third-order valence-electron chi connectivity index (χ3n) is 2.85. The molecule has 1 aromatic carbocycles. The summed E-state index contributed by atoms with van der Waals surface area (Å²) >= 11 is 0. The van der Waals surface area contributed by atoms with Crippen molar-refractivity contribution in [2.24, 2.45) is 0 Å². The van der Waals surface area contributed by atoms with Gasteiger partial charge in [-0.1, -0.05) is 12.1 Å². The lowest BCUT2D eigenvalue weighted by molar-refractivity contribution is 0.341. The number of H-pyrrole nitrogens is 1. The van der Waals surface area contributed by atoms with Gasteiger partial charge in [-0.15, -0.1) is 0 Å². The van der Waals surface area contributed by atoms with Crippen LogP contribution in [0.4, 0.5) is 5.82 Å². The second-order valence-corrected chi connectivity index (χ2v) is 3.95. The van der Waals surface area contributed by atoms with Crippen LogP contribution in [0.2, 0.25) is 0 Å². The summed E-state index contributed by atoms with van der Waals surface area (Å²) in [6.07, 6.45) is 0. The summed E-state index contributed by atoms with van der Waals surface area (Å²) in [6.45, 7) is 4.41. The number of nitrogens with zero attached hydrogens (tertiary/aromatic N) is 1. The van der Waals surface area contributed by atoms with E-state index < -0.39 is 0 Å². The van der Waals surface area contributed by atoms with Gasteiger partial charge in [0.1, 0.15) is 17.6 Å². The maximum absolute atomic E-state index is 9.05. The van der Waals surface area contributed by atoms with E-state index in [1.54, 1.807) is 0 Å². The van der Waals surface area contributed by atoms with Crippen LogP contribution in [0.3, 0.4) is 0 Å².